The van der Waals surface area contributed by atoms with Gasteiger partial charge in [0.1, 0.15) is 0 Å². The van der Waals surface area contributed by atoms with Crippen LogP contribution in [0, 0.1) is 6.92 Å². The topological polar surface area (TPSA) is 74.8 Å². The predicted molar refractivity (Wildman–Crippen MR) is 67.2 cm³/mol. The lowest BCUT2D eigenvalue weighted by Gasteiger charge is -2.05. The summed E-state index contributed by atoms with van der Waals surface area (Å²) in [6.07, 6.45) is 1.67. The summed E-state index contributed by atoms with van der Waals surface area (Å²) in [6, 6.07) is 8.40. The minimum absolute atomic E-state index is 0.280. The fraction of sp³-hybridized carbons (Fsp3) is 0.154. The third-order valence-electron chi connectivity index (χ3n) is 2.40. The van der Waals surface area contributed by atoms with Gasteiger partial charge in [0.15, 0.2) is 0 Å². The second kappa shape index (κ2) is 5.27. The molecule has 0 spiro atoms. The van der Waals surface area contributed by atoms with Gasteiger partial charge in [0.2, 0.25) is 5.56 Å². The van der Waals surface area contributed by atoms with Gasteiger partial charge in [0, 0.05) is 23.5 Å². The number of H-pyrrole nitrogens is 1. The summed E-state index contributed by atoms with van der Waals surface area (Å²) in [7, 11) is 0. The van der Waals surface area contributed by atoms with Crippen molar-refractivity contribution in [2.24, 2.45) is 0 Å². The molecule has 1 amide bonds. The second-order valence-electron chi connectivity index (χ2n) is 3.92. The normalized spacial score (nSPS) is 10.1. The Bertz CT molecular complexity index is 605. The molecule has 2 heterocycles. The molecule has 0 unspecified atom stereocenters. The fourth-order valence-electron chi connectivity index (χ4n) is 1.59. The van der Waals surface area contributed by atoms with Gasteiger partial charge in [0.25, 0.3) is 5.91 Å². The van der Waals surface area contributed by atoms with Crippen molar-refractivity contribution in [1.29, 1.82) is 0 Å². The third-order valence-corrected chi connectivity index (χ3v) is 2.40. The van der Waals surface area contributed by atoms with Crippen molar-refractivity contribution in [3.63, 3.8) is 0 Å². The van der Waals surface area contributed by atoms with E-state index in [2.05, 4.69) is 15.3 Å². The Balaban J connectivity index is 2.06. The summed E-state index contributed by atoms with van der Waals surface area (Å²) in [6.45, 7) is 2.07. The Labute approximate surface area is 104 Å². The quantitative estimate of drug-likeness (QED) is 0.844. The minimum Gasteiger partial charge on any atom is -0.346 e. The number of nitrogens with zero attached hydrogens (tertiary/aromatic N) is 1. The number of rotatable bonds is 3. The molecule has 18 heavy (non-hydrogen) atoms. The Morgan fingerprint density at radius 3 is 2.89 bits per heavy atom. The van der Waals surface area contributed by atoms with E-state index in [-0.39, 0.29) is 11.5 Å². The van der Waals surface area contributed by atoms with Crippen LogP contribution in [-0.2, 0) is 6.54 Å². The van der Waals surface area contributed by atoms with E-state index in [0.29, 0.717) is 17.8 Å². The highest BCUT2D eigenvalue weighted by Crippen LogP contribution is 1.99. The maximum absolute atomic E-state index is 11.8. The fourth-order valence-corrected chi connectivity index (χ4v) is 1.59. The first kappa shape index (κ1) is 12.0. The number of aryl methyl sites for hydroxylation is 1. The van der Waals surface area contributed by atoms with E-state index in [1.54, 1.807) is 19.2 Å². The monoisotopic (exact) mass is 243 g/mol. The van der Waals surface area contributed by atoms with Crippen LogP contribution in [0.2, 0.25) is 0 Å². The van der Waals surface area contributed by atoms with Gasteiger partial charge in [-0.3, -0.25) is 14.6 Å². The minimum atomic E-state index is -0.283. The molecular formula is C13H13N3O2. The van der Waals surface area contributed by atoms with Crippen LogP contribution in [0.5, 0.6) is 0 Å². The van der Waals surface area contributed by atoms with Gasteiger partial charge in [-0.2, -0.15) is 0 Å². The van der Waals surface area contributed by atoms with Crippen molar-refractivity contribution in [3.05, 3.63) is 63.8 Å². The van der Waals surface area contributed by atoms with Crippen LogP contribution in [0.25, 0.3) is 0 Å². The first-order valence-electron chi connectivity index (χ1n) is 5.54. The molecule has 0 fully saturated rings. The standard InChI is InChI=1S/C13H13N3O2/c1-9-6-10(7-12(17)16-9)13(18)15-8-11-4-2-3-5-14-11/h2-7H,8H2,1H3,(H,15,18)(H,16,17). The van der Waals surface area contributed by atoms with Gasteiger partial charge in [0.05, 0.1) is 12.2 Å². The van der Waals surface area contributed by atoms with Gasteiger partial charge in [-0.05, 0) is 25.1 Å². The van der Waals surface area contributed by atoms with E-state index in [0.717, 1.165) is 5.69 Å². The molecule has 0 radical (unpaired) electrons. The molecule has 2 rings (SSSR count). The maximum Gasteiger partial charge on any atom is 0.251 e. The number of hydrogen-bond acceptors (Lipinski definition) is 3. The first-order chi connectivity index (χ1) is 8.65. The molecule has 2 aromatic heterocycles. The Kier molecular flexibility index (Phi) is 3.52. The van der Waals surface area contributed by atoms with Crippen molar-refractivity contribution in [2.45, 2.75) is 13.5 Å². The van der Waals surface area contributed by atoms with E-state index in [1.165, 1.54) is 6.07 Å². The second-order valence-corrected chi connectivity index (χ2v) is 3.92. The van der Waals surface area contributed by atoms with Crippen molar-refractivity contribution < 1.29 is 4.79 Å². The van der Waals surface area contributed by atoms with Crippen LogP contribution in [0.4, 0.5) is 0 Å². The lowest BCUT2D eigenvalue weighted by atomic mass is 10.2. The highest BCUT2D eigenvalue weighted by Gasteiger charge is 2.06. The molecule has 2 aromatic rings. The molecule has 0 saturated carbocycles. The van der Waals surface area contributed by atoms with Crippen molar-refractivity contribution in [3.8, 4) is 0 Å². The number of hydrogen-bond donors (Lipinski definition) is 2. The number of carbonyl (C=O) groups excluding carboxylic acids is 1. The van der Waals surface area contributed by atoms with Crippen LogP contribution < -0.4 is 10.9 Å². The summed E-state index contributed by atoms with van der Waals surface area (Å²) in [5, 5.41) is 2.72. The van der Waals surface area contributed by atoms with Crippen molar-refractivity contribution >= 4 is 5.91 Å². The number of pyridine rings is 2. The van der Waals surface area contributed by atoms with Gasteiger partial charge >= 0.3 is 0 Å². The molecule has 0 bridgehead atoms. The predicted octanol–water partition coefficient (Wildman–Crippen LogP) is 1.01. The van der Waals surface area contributed by atoms with E-state index < -0.39 is 0 Å². The smallest absolute Gasteiger partial charge is 0.251 e. The Hall–Kier alpha value is -2.43. The molecule has 5 heteroatoms. The van der Waals surface area contributed by atoms with E-state index >= 15 is 0 Å². The van der Waals surface area contributed by atoms with Crippen LogP contribution >= 0.6 is 0 Å². The Morgan fingerprint density at radius 2 is 2.22 bits per heavy atom. The SMILES string of the molecule is Cc1cc(C(=O)NCc2ccccn2)cc(=O)[nH]1. The molecule has 2 N–H and O–H groups in total. The maximum atomic E-state index is 11.8. The average Bonchev–Trinajstić information content (AvgIpc) is 2.36. The van der Waals surface area contributed by atoms with E-state index in [4.69, 9.17) is 0 Å². The average molecular weight is 243 g/mol. The molecule has 92 valence electrons. The van der Waals surface area contributed by atoms with Crippen molar-refractivity contribution in [2.75, 3.05) is 0 Å². The highest BCUT2D eigenvalue weighted by atomic mass is 16.2. The molecule has 0 aliphatic rings. The summed E-state index contributed by atoms with van der Waals surface area (Å²) >= 11 is 0. The summed E-state index contributed by atoms with van der Waals surface area (Å²) < 4.78 is 0. The van der Waals surface area contributed by atoms with Gasteiger partial charge in [-0.1, -0.05) is 6.07 Å². The van der Waals surface area contributed by atoms with E-state index in [9.17, 15) is 9.59 Å². The molecule has 0 aliphatic heterocycles. The summed E-state index contributed by atoms with van der Waals surface area (Å²) in [4.78, 5) is 29.8. The van der Waals surface area contributed by atoms with E-state index in [1.807, 2.05) is 18.2 Å². The number of nitrogens with one attached hydrogen (secondary N) is 2. The molecule has 0 atom stereocenters. The lowest BCUT2D eigenvalue weighted by molar-refractivity contribution is 0.0950. The number of amides is 1. The van der Waals surface area contributed by atoms with Crippen LogP contribution in [0.3, 0.4) is 0 Å². The van der Waals surface area contributed by atoms with Crippen LogP contribution in [0.15, 0.2) is 41.3 Å². The number of aromatic nitrogens is 2. The third kappa shape index (κ3) is 3.04. The van der Waals surface area contributed by atoms with Crippen molar-refractivity contribution in [1.82, 2.24) is 15.3 Å². The van der Waals surface area contributed by atoms with Gasteiger partial charge < -0.3 is 10.3 Å². The zero-order valence-electron chi connectivity index (χ0n) is 9.93. The molecule has 0 aliphatic carbocycles. The lowest BCUT2D eigenvalue weighted by Crippen LogP contribution is -2.25. The molecule has 0 saturated heterocycles. The number of carbonyl (C=O) groups is 1. The molecular weight excluding hydrogens is 230 g/mol. The zero-order valence-corrected chi connectivity index (χ0v) is 9.93. The number of aromatic amines is 1. The Morgan fingerprint density at radius 1 is 1.39 bits per heavy atom. The first-order valence-corrected chi connectivity index (χ1v) is 5.54. The van der Waals surface area contributed by atoms with Crippen LogP contribution in [-0.4, -0.2) is 15.9 Å². The van der Waals surface area contributed by atoms with Crippen LogP contribution in [0.1, 0.15) is 21.7 Å². The summed E-state index contributed by atoms with van der Waals surface area (Å²) in [5.41, 5.74) is 1.50. The zero-order chi connectivity index (χ0) is 13.0. The molecule has 0 aromatic carbocycles. The summed E-state index contributed by atoms with van der Waals surface area (Å²) in [5.74, 6) is -0.283. The molecule has 5 nitrogen and oxygen atoms in total. The largest absolute Gasteiger partial charge is 0.346 e. The van der Waals surface area contributed by atoms with Gasteiger partial charge in [-0.25, -0.2) is 0 Å². The van der Waals surface area contributed by atoms with Gasteiger partial charge in [-0.15, -0.1) is 0 Å². The highest BCUT2D eigenvalue weighted by molar-refractivity contribution is 5.94.